The van der Waals surface area contributed by atoms with Crippen molar-refractivity contribution in [1.29, 1.82) is 0 Å². The Morgan fingerprint density at radius 1 is 1.29 bits per heavy atom. The van der Waals surface area contributed by atoms with Gasteiger partial charge < -0.3 is 10.5 Å². The molecule has 0 aliphatic rings. The molecule has 4 heteroatoms. The van der Waals surface area contributed by atoms with Crippen molar-refractivity contribution in [3.8, 4) is 5.75 Å². The van der Waals surface area contributed by atoms with Gasteiger partial charge in [0.2, 0.25) is 0 Å². The van der Waals surface area contributed by atoms with Crippen molar-refractivity contribution in [1.82, 2.24) is 0 Å². The second-order valence-electron chi connectivity index (χ2n) is 4.98. The van der Waals surface area contributed by atoms with Crippen LogP contribution in [0.3, 0.4) is 0 Å². The maximum Gasteiger partial charge on any atom is 0.125 e. The summed E-state index contributed by atoms with van der Waals surface area (Å²) in [5.41, 5.74) is 8.58. The molecule has 0 fully saturated rings. The van der Waals surface area contributed by atoms with E-state index < -0.39 is 0 Å². The van der Waals surface area contributed by atoms with Gasteiger partial charge in [-0.25, -0.2) is 0 Å². The smallest absolute Gasteiger partial charge is 0.125 e. The van der Waals surface area contributed by atoms with E-state index in [1.807, 2.05) is 24.3 Å². The lowest BCUT2D eigenvalue weighted by Crippen LogP contribution is -2.22. The van der Waals surface area contributed by atoms with Gasteiger partial charge in [-0.15, -0.1) is 0 Å². The van der Waals surface area contributed by atoms with Gasteiger partial charge in [0, 0.05) is 17.1 Å². The second kappa shape index (κ2) is 7.69. The Morgan fingerprint density at radius 2 is 2.05 bits per heavy atom. The summed E-state index contributed by atoms with van der Waals surface area (Å²) in [6.07, 6.45) is 1.69. The number of hydrogen-bond acceptors (Lipinski definition) is 2. The van der Waals surface area contributed by atoms with Crippen LogP contribution in [0.4, 0.5) is 0 Å². The lowest BCUT2D eigenvalue weighted by atomic mass is 9.97. The molecule has 1 atom stereocenters. The Hall–Kier alpha value is -1.22. The zero-order valence-electron chi connectivity index (χ0n) is 12.0. The molecule has 0 saturated carbocycles. The molecule has 0 aromatic heterocycles. The maximum absolute atomic E-state index is 6.13. The first-order chi connectivity index (χ1) is 10.2. The van der Waals surface area contributed by atoms with E-state index in [9.17, 15) is 0 Å². The number of hydrogen-bond donors (Lipinski definition) is 1. The molecule has 2 N–H and O–H groups in total. The molecular weight excluding hydrogens is 305 g/mol. The van der Waals surface area contributed by atoms with E-state index in [1.165, 1.54) is 16.3 Å². The summed E-state index contributed by atoms with van der Waals surface area (Å²) in [4.78, 5) is 0. The van der Waals surface area contributed by atoms with Crippen LogP contribution >= 0.6 is 23.2 Å². The third-order valence-corrected chi connectivity index (χ3v) is 4.07. The summed E-state index contributed by atoms with van der Waals surface area (Å²) in [6.45, 7) is 2.35. The van der Waals surface area contributed by atoms with Gasteiger partial charge in [0.15, 0.2) is 0 Å². The summed E-state index contributed by atoms with van der Waals surface area (Å²) in [5.74, 6) is 0.814. The van der Waals surface area contributed by atoms with E-state index in [0.29, 0.717) is 5.03 Å². The first kappa shape index (κ1) is 16.2. The quantitative estimate of drug-likeness (QED) is 0.827. The summed E-state index contributed by atoms with van der Waals surface area (Å²) < 4.78 is 5.80. The molecule has 21 heavy (non-hydrogen) atoms. The molecule has 0 aliphatic carbocycles. The zero-order chi connectivity index (χ0) is 15.2. The van der Waals surface area contributed by atoms with Gasteiger partial charge in [0.25, 0.3) is 0 Å². The molecule has 112 valence electrons. The second-order valence-corrected chi connectivity index (χ2v) is 5.68. The Kier molecular flexibility index (Phi) is 5.92. The lowest BCUT2D eigenvalue weighted by Gasteiger charge is -2.17. The van der Waals surface area contributed by atoms with E-state index in [1.54, 1.807) is 0 Å². The monoisotopic (exact) mass is 323 g/mol. The number of fused-ring (bicyclic) bond motifs is 1. The van der Waals surface area contributed by atoms with Gasteiger partial charge in [-0.1, -0.05) is 60.5 Å². The van der Waals surface area contributed by atoms with Gasteiger partial charge >= 0.3 is 0 Å². The van der Waals surface area contributed by atoms with Gasteiger partial charge in [-0.05, 0) is 29.7 Å². The van der Waals surface area contributed by atoms with Crippen molar-refractivity contribution in [2.45, 2.75) is 25.8 Å². The average molecular weight is 324 g/mol. The third-order valence-electron chi connectivity index (χ3n) is 3.47. The highest BCUT2D eigenvalue weighted by Crippen LogP contribution is 2.30. The molecular formula is C17H19Cl2NO. The molecule has 2 nitrogen and oxygen atoms in total. The Labute approximate surface area is 135 Å². The van der Waals surface area contributed by atoms with Gasteiger partial charge in [-0.2, -0.15) is 0 Å². The van der Waals surface area contributed by atoms with Crippen LogP contribution in [-0.4, -0.2) is 12.6 Å². The molecule has 0 spiro atoms. The minimum Gasteiger partial charge on any atom is -0.488 e. The minimum atomic E-state index is 0.109. The molecule has 2 rings (SSSR count). The number of nitrogens with two attached hydrogens (primary N) is 1. The van der Waals surface area contributed by atoms with Gasteiger partial charge in [-0.3, -0.25) is 0 Å². The Balaban J connectivity index is 2.40. The highest BCUT2D eigenvalue weighted by Gasteiger charge is 2.12. The summed E-state index contributed by atoms with van der Waals surface area (Å²) >= 11 is 11.5. The van der Waals surface area contributed by atoms with E-state index in [2.05, 4.69) is 19.1 Å². The van der Waals surface area contributed by atoms with Crippen molar-refractivity contribution in [2.75, 3.05) is 6.61 Å². The molecule has 2 aromatic carbocycles. The molecule has 1 unspecified atom stereocenters. The summed E-state index contributed by atoms with van der Waals surface area (Å²) in [7, 11) is 0. The Bertz CT molecular complexity index is 640. The SMILES string of the molecule is CCC(N)Cc1c(OCC(Cl)=CCl)ccc2ccccc12. The topological polar surface area (TPSA) is 35.2 Å². The summed E-state index contributed by atoms with van der Waals surface area (Å²) in [5, 5.41) is 2.82. The first-order valence-electron chi connectivity index (χ1n) is 6.99. The van der Waals surface area contributed by atoms with Crippen LogP contribution in [-0.2, 0) is 6.42 Å². The van der Waals surface area contributed by atoms with Crippen LogP contribution in [0.5, 0.6) is 5.75 Å². The van der Waals surface area contributed by atoms with Crippen molar-refractivity contribution < 1.29 is 4.74 Å². The normalized spacial score (nSPS) is 13.4. The Morgan fingerprint density at radius 3 is 2.76 bits per heavy atom. The predicted molar refractivity (Wildman–Crippen MR) is 91.2 cm³/mol. The van der Waals surface area contributed by atoms with Crippen molar-refractivity contribution in [3.05, 3.63) is 52.5 Å². The van der Waals surface area contributed by atoms with E-state index >= 15 is 0 Å². The van der Waals surface area contributed by atoms with E-state index in [-0.39, 0.29) is 12.6 Å². The fraction of sp³-hybridized carbons (Fsp3) is 0.294. The van der Waals surface area contributed by atoms with Crippen molar-refractivity contribution in [3.63, 3.8) is 0 Å². The van der Waals surface area contributed by atoms with Gasteiger partial charge in [0.05, 0.1) is 5.03 Å². The fourth-order valence-electron chi connectivity index (χ4n) is 2.25. The molecule has 2 aromatic rings. The standard InChI is InChI=1S/C17H19Cl2NO/c1-2-14(20)9-16-15-6-4-3-5-12(15)7-8-17(16)21-11-13(19)10-18/h3-8,10,14H,2,9,11,20H2,1H3. The molecule has 0 amide bonds. The fourth-order valence-corrected chi connectivity index (χ4v) is 2.36. The molecule has 0 saturated heterocycles. The molecule has 0 bridgehead atoms. The molecule has 0 radical (unpaired) electrons. The van der Waals surface area contributed by atoms with Crippen LogP contribution in [0.25, 0.3) is 10.8 Å². The number of halogens is 2. The summed E-state index contributed by atoms with van der Waals surface area (Å²) in [6, 6.07) is 12.4. The van der Waals surface area contributed by atoms with E-state index in [0.717, 1.165) is 24.2 Å². The van der Waals surface area contributed by atoms with E-state index in [4.69, 9.17) is 33.7 Å². The number of ether oxygens (including phenoxy) is 1. The van der Waals surface area contributed by atoms with Crippen LogP contribution in [0, 0.1) is 0 Å². The largest absolute Gasteiger partial charge is 0.488 e. The van der Waals surface area contributed by atoms with Crippen LogP contribution in [0.1, 0.15) is 18.9 Å². The van der Waals surface area contributed by atoms with Crippen LogP contribution in [0.15, 0.2) is 47.0 Å². The van der Waals surface area contributed by atoms with Gasteiger partial charge in [0.1, 0.15) is 12.4 Å². The molecule has 0 aliphatic heterocycles. The first-order valence-corrected chi connectivity index (χ1v) is 7.81. The number of benzene rings is 2. The molecule has 0 heterocycles. The van der Waals surface area contributed by atoms with Crippen molar-refractivity contribution >= 4 is 34.0 Å². The van der Waals surface area contributed by atoms with Crippen LogP contribution in [0.2, 0.25) is 0 Å². The average Bonchev–Trinajstić information content (AvgIpc) is 2.53. The van der Waals surface area contributed by atoms with Crippen LogP contribution < -0.4 is 10.5 Å². The highest BCUT2D eigenvalue weighted by molar-refractivity contribution is 6.36. The lowest BCUT2D eigenvalue weighted by molar-refractivity contribution is 0.355. The number of rotatable bonds is 6. The predicted octanol–water partition coefficient (Wildman–Crippen LogP) is 4.82. The van der Waals surface area contributed by atoms with Crippen molar-refractivity contribution in [2.24, 2.45) is 5.73 Å². The zero-order valence-corrected chi connectivity index (χ0v) is 13.5. The highest BCUT2D eigenvalue weighted by atomic mass is 35.5. The minimum absolute atomic E-state index is 0.109. The third kappa shape index (κ3) is 4.13. The maximum atomic E-state index is 6.13.